The minimum absolute atomic E-state index is 0.246. The highest BCUT2D eigenvalue weighted by Gasteiger charge is 2.34. The van der Waals surface area contributed by atoms with Crippen LogP contribution in [0.4, 0.5) is 4.39 Å². The molecule has 1 atom stereocenters. The summed E-state index contributed by atoms with van der Waals surface area (Å²) in [5.74, 6) is 0.492. The molecule has 4 aromatic rings. The number of aromatic nitrogens is 2. The molecule has 1 aliphatic heterocycles. The summed E-state index contributed by atoms with van der Waals surface area (Å²) < 4.78 is 19.1. The third-order valence-corrected chi connectivity index (χ3v) is 6.60. The quantitative estimate of drug-likeness (QED) is 0.324. The van der Waals surface area contributed by atoms with Crippen LogP contribution in [0.3, 0.4) is 0 Å². The molecule has 35 heavy (non-hydrogen) atoms. The molecule has 0 saturated heterocycles. The van der Waals surface area contributed by atoms with Crippen molar-refractivity contribution in [3.8, 4) is 11.4 Å². The molecule has 1 aromatic heterocycles. The van der Waals surface area contributed by atoms with Crippen molar-refractivity contribution in [3.05, 3.63) is 113 Å². The topological polar surface area (TPSA) is 54.2 Å². The van der Waals surface area contributed by atoms with Gasteiger partial charge in [-0.05, 0) is 66.5 Å². The number of hydrogen-bond acceptors (Lipinski definition) is 4. The zero-order valence-corrected chi connectivity index (χ0v) is 20.3. The van der Waals surface area contributed by atoms with Crippen LogP contribution in [0.15, 0.2) is 89.1 Å². The highest BCUT2D eigenvalue weighted by Crippen LogP contribution is 2.37. The van der Waals surface area contributed by atoms with Crippen molar-refractivity contribution in [2.45, 2.75) is 32.9 Å². The van der Waals surface area contributed by atoms with Crippen molar-refractivity contribution in [1.29, 1.82) is 0 Å². The number of halogens is 1. The molecule has 5 nitrogen and oxygen atoms in total. The van der Waals surface area contributed by atoms with Gasteiger partial charge in [-0.3, -0.25) is 0 Å². The molecule has 0 aliphatic carbocycles. The predicted octanol–water partition coefficient (Wildman–Crippen LogP) is 6.30. The van der Waals surface area contributed by atoms with Crippen molar-refractivity contribution < 1.29 is 8.91 Å². The Morgan fingerprint density at radius 2 is 1.66 bits per heavy atom. The van der Waals surface area contributed by atoms with E-state index >= 15 is 0 Å². The summed E-state index contributed by atoms with van der Waals surface area (Å²) in [7, 11) is 0. The van der Waals surface area contributed by atoms with Gasteiger partial charge in [-0.15, -0.1) is 0 Å². The van der Waals surface area contributed by atoms with E-state index in [0.29, 0.717) is 28.9 Å². The third kappa shape index (κ3) is 4.72. The summed E-state index contributed by atoms with van der Waals surface area (Å²) in [5.41, 5.74) is 5.97. The second kappa shape index (κ2) is 9.80. The lowest BCUT2D eigenvalue weighted by Crippen LogP contribution is -2.45. The first-order valence-electron chi connectivity index (χ1n) is 11.5. The summed E-state index contributed by atoms with van der Waals surface area (Å²) in [6.07, 6.45) is 0.999. The van der Waals surface area contributed by atoms with Gasteiger partial charge in [0.1, 0.15) is 5.82 Å². The Morgan fingerprint density at radius 1 is 0.971 bits per heavy atom. The highest BCUT2D eigenvalue weighted by atomic mass is 32.1. The largest absolute Gasteiger partial charge is 0.351 e. The molecule has 0 bridgehead atoms. The second-order valence-corrected chi connectivity index (χ2v) is 8.87. The van der Waals surface area contributed by atoms with Gasteiger partial charge in [-0.2, -0.15) is 4.98 Å². The van der Waals surface area contributed by atoms with E-state index < -0.39 is 0 Å². The fraction of sp³-hybridized carbons (Fsp3) is 0.179. The lowest BCUT2D eigenvalue weighted by atomic mass is 9.94. The Hall–Kier alpha value is -3.84. The van der Waals surface area contributed by atoms with Crippen LogP contribution >= 0.6 is 12.2 Å². The first-order chi connectivity index (χ1) is 17.0. The van der Waals surface area contributed by atoms with Crippen molar-refractivity contribution in [2.75, 3.05) is 0 Å². The SMILES string of the molecule is CCc1ccc(CN2C(=S)NC(c3ccccc3)C(c3nc(-c4ccc(F)cc4)no3)=C2C)cc1. The Kier molecular flexibility index (Phi) is 6.42. The van der Waals surface area contributed by atoms with E-state index in [1.54, 1.807) is 12.1 Å². The Morgan fingerprint density at radius 3 is 2.34 bits per heavy atom. The van der Waals surface area contributed by atoms with E-state index in [2.05, 4.69) is 51.5 Å². The fourth-order valence-corrected chi connectivity index (χ4v) is 4.58. The van der Waals surface area contributed by atoms with Crippen LogP contribution in [0.5, 0.6) is 0 Å². The highest BCUT2D eigenvalue weighted by molar-refractivity contribution is 7.80. The van der Waals surface area contributed by atoms with Crippen LogP contribution in [0.2, 0.25) is 0 Å². The molecule has 0 saturated carbocycles. The first-order valence-corrected chi connectivity index (χ1v) is 12.0. The standard InChI is InChI=1S/C28H25FN4OS/c1-3-19-9-11-20(12-10-19)17-33-18(2)24(25(30-28(33)35)21-7-5-4-6-8-21)27-31-26(32-34-27)22-13-15-23(29)16-14-22/h4-16,25H,3,17H2,1-2H3,(H,30,35). The Balaban J connectivity index is 1.56. The normalized spacial score (nSPS) is 15.9. The molecule has 2 heterocycles. The van der Waals surface area contributed by atoms with E-state index in [0.717, 1.165) is 28.8 Å². The molecular weight excluding hydrogens is 459 g/mol. The van der Waals surface area contributed by atoms with E-state index in [9.17, 15) is 4.39 Å². The van der Waals surface area contributed by atoms with Crippen LogP contribution in [0, 0.1) is 5.82 Å². The Labute approximate surface area is 209 Å². The van der Waals surface area contributed by atoms with Crippen molar-refractivity contribution in [1.82, 2.24) is 20.4 Å². The third-order valence-electron chi connectivity index (χ3n) is 6.26. The molecule has 1 N–H and O–H groups in total. The number of nitrogens with zero attached hydrogens (tertiary/aromatic N) is 3. The zero-order chi connectivity index (χ0) is 24.4. The molecule has 0 fully saturated rings. The Bertz CT molecular complexity index is 1360. The lowest BCUT2D eigenvalue weighted by Gasteiger charge is -2.37. The number of benzene rings is 3. The van der Waals surface area contributed by atoms with Gasteiger partial charge >= 0.3 is 0 Å². The van der Waals surface area contributed by atoms with Gasteiger partial charge in [0.2, 0.25) is 5.82 Å². The van der Waals surface area contributed by atoms with Crippen LogP contribution in [-0.4, -0.2) is 20.2 Å². The summed E-state index contributed by atoms with van der Waals surface area (Å²) >= 11 is 5.80. The van der Waals surface area contributed by atoms with Gasteiger partial charge in [-0.1, -0.05) is 66.7 Å². The maximum absolute atomic E-state index is 13.4. The molecule has 0 spiro atoms. The number of hydrogen-bond donors (Lipinski definition) is 1. The molecule has 5 rings (SSSR count). The van der Waals surface area contributed by atoms with Gasteiger partial charge < -0.3 is 14.7 Å². The van der Waals surface area contributed by atoms with Crippen LogP contribution in [0.1, 0.15) is 42.5 Å². The van der Waals surface area contributed by atoms with Crippen LogP contribution < -0.4 is 5.32 Å². The van der Waals surface area contributed by atoms with E-state index in [4.69, 9.17) is 16.7 Å². The van der Waals surface area contributed by atoms with Crippen LogP contribution in [0.25, 0.3) is 17.0 Å². The average Bonchev–Trinajstić information content (AvgIpc) is 3.37. The van der Waals surface area contributed by atoms with Gasteiger partial charge in [0.15, 0.2) is 5.11 Å². The predicted molar refractivity (Wildman–Crippen MR) is 139 cm³/mol. The van der Waals surface area contributed by atoms with Crippen molar-refractivity contribution in [2.24, 2.45) is 0 Å². The van der Waals surface area contributed by atoms with Crippen LogP contribution in [-0.2, 0) is 13.0 Å². The smallest absolute Gasteiger partial charge is 0.258 e. The van der Waals surface area contributed by atoms with E-state index in [1.165, 1.54) is 17.7 Å². The molecule has 176 valence electrons. The van der Waals surface area contributed by atoms with Crippen molar-refractivity contribution in [3.63, 3.8) is 0 Å². The number of aryl methyl sites for hydroxylation is 1. The minimum Gasteiger partial charge on any atom is -0.351 e. The molecule has 3 aromatic carbocycles. The molecular formula is C28H25FN4OS. The van der Waals surface area contributed by atoms with Gasteiger partial charge in [-0.25, -0.2) is 4.39 Å². The molecule has 7 heteroatoms. The summed E-state index contributed by atoms with van der Waals surface area (Å²) in [6.45, 7) is 4.79. The van der Waals surface area contributed by atoms with E-state index in [-0.39, 0.29) is 11.9 Å². The molecule has 1 unspecified atom stereocenters. The number of rotatable bonds is 6. The second-order valence-electron chi connectivity index (χ2n) is 8.48. The van der Waals surface area contributed by atoms with E-state index in [1.807, 2.05) is 37.3 Å². The number of nitrogens with one attached hydrogen (secondary N) is 1. The summed E-state index contributed by atoms with van der Waals surface area (Å²) in [6, 6.07) is 24.4. The molecule has 0 radical (unpaired) electrons. The fourth-order valence-electron chi connectivity index (χ4n) is 4.26. The minimum atomic E-state index is -0.312. The maximum Gasteiger partial charge on any atom is 0.258 e. The average molecular weight is 485 g/mol. The van der Waals surface area contributed by atoms with Crippen molar-refractivity contribution >= 4 is 22.9 Å². The number of thiocarbonyl (C=S) groups is 1. The summed E-state index contributed by atoms with van der Waals surface area (Å²) in [4.78, 5) is 6.74. The van der Waals surface area contributed by atoms with Gasteiger partial charge in [0.25, 0.3) is 5.89 Å². The van der Waals surface area contributed by atoms with Gasteiger partial charge in [0, 0.05) is 17.8 Å². The van der Waals surface area contributed by atoms with Gasteiger partial charge in [0.05, 0.1) is 11.6 Å². The monoisotopic (exact) mass is 484 g/mol. The molecule has 1 aliphatic rings. The summed E-state index contributed by atoms with van der Waals surface area (Å²) in [5, 5.41) is 8.30. The lowest BCUT2D eigenvalue weighted by molar-refractivity contribution is 0.396. The molecule has 0 amide bonds. The number of allylic oxidation sites excluding steroid dienone is 1. The first kappa shape index (κ1) is 22.9. The zero-order valence-electron chi connectivity index (χ0n) is 19.5. The maximum atomic E-state index is 13.4.